The van der Waals surface area contributed by atoms with Crippen LogP contribution in [0.2, 0.25) is 0 Å². The molecule has 1 saturated heterocycles. The maximum atomic E-state index is 11.4. The van der Waals surface area contributed by atoms with Crippen molar-refractivity contribution in [3.05, 3.63) is 0 Å². The third kappa shape index (κ3) is 1.79. The van der Waals surface area contributed by atoms with Gasteiger partial charge in [0, 0.05) is 20.3 Å². The Balaban J connectivity index is 2.80. The van der Waals surface area contributed by atoms with E-state index in [1.165, 1.54) is 7.05 Å². The zero-order chi connectivity index (χ0) is 9.90. The predicted molar refractivity (Wildman–Crippen MR) is 42.7 cm³/mol. The van der Waals surface area contributed by atoms with Crippen LogP contribution in [0.4, 0.5) is 0 Å². The van der Waals surface area contributed by atoms with E-state index >= 15 is 0 Å². The lowest BCUT2D eigenvalue weighted by atomic mass is 9.81. The fourth-order valence-electron chi connectivity index (χ4n) is 1.40. The maximum Gasteiger partial charge on any atom is 0.266 e. The summed E-state index contributed by atoms with van der Waals surface area (Å²) < 4.78 is 5.05. The number of carbonyl (C=O) groups is 1. The number of hydrogen-bond donors (Lipinski definition) is 1. The van der Waals surface area contributed by atoms with E-state index in [1.54, 1.807) is 0 Å². The number of nitrogens with zero attached hydrogens (tertiary/aromatic N) is 2. The van der Waals surface area contributed by atoms with Crippen LogP contribution in [0.1, 0.15) is 12.8 Å². The van der Waals surface area contributed by atoms with Gasteiger partial charge in [0.15, 0.2) is 0 Å². The zero-order valence-electron chi connectivity index (χ0n) is 7.49. The summed E-state index contributed by atoms with van der Waals surface area (Å²) in [6.45, 7) is 0.792. The Labute approximate surface area is 76.5 Å². The van der Waals surface area contributed by atoms with Crippen LogP contribution in [0, 0.1) is 16.7 Å². The number of rotatable bonds is 1. The van der Waals surface area contributed by atoms with Crippen molar-refractivity contribution in [2.45, 2.75) is 12.8 Å². The minimum Gasteiger partial charge on any atom is -0.381 e. The number of carbonyl (C=O) groups excluding carboxylic acids is 1. The van der Waals surface area contributed by atoms with Crippen molar-refractivity contribution in [3.63, 3.8) is 0 Å². The molecular weight excluding hydrogens is 172 g/mol. The Kier molecular flexibility index (Phi) is 2.86. The minimum atomic E-state index is -1.08. The Morgan fingerprint density at radius 2 is 2.15 bits per heavy atom. The standard InChI is InChI=1S/C8H12N2O3/c1-10(12)7(11)8(6-9)2-4-13-5-3-8/h12H,2-5H2,1H3. The van der Waals surface area contributed by atoms with Gasteiger partial charge < -0.3 is 4.74 Å². The molecule has 1 aliphatic rings. The molecule has 0 unspecified atom stereocenters. The van der Waals surface area contributed by atoms with Crippen LogP contribution in [0.25, 0.3) is 0 Å². The first-order chi connectivity index (χ1) is 6.12. The zero-order valence-corrected chi connectivity index (χ0v) is 7.49. The normalized spacial score (nSPS) is 20.4. The van der Waals surface area contributed by atoms with Gasteiger partial charge in [0.1, 0.15) is 5.41 Å². The second-order valence-corrected chi connectivity index (χ2v) is 3.14. The number of amides is 1. The van der Waals surface area contributed by atoms with E-state index in [0.29, 0.717) is 31.1 Å². The van der Waals surface area contributed by atoms with E-state index in [9.17, 15) is 4.79 Å². The lowest BCUT2D eigenvalue weighted by Crippen LogP contribution is -2.43. The summed E-state index contributed by atoms with van der Waals surface area (Å²) in [6, 6.07) is 1.97. The van der Waals surface area contributed by atoms with Crippen LogP contribution in [0.3, 0.4) is 0 Å². The van der Waals surface area contributed by atoms with Crippen molar-refractivity contribution >= 4 is 5.91 Å². The molecule has 1 aliphatic heterocycles. The van der Waals surface area contributed by atoms with Crippen molar-refractivity contribution in [3.8, 4) is 6.07 Å². The first kappa shape index (κ1) is 9.96. The molecule has 0 aliphatic carbocycles. The highest BCUT2D eigenvalue weighted by molar-refractivity contribution is 5.84. The van der Waals surface area contributed by atoms with E-state index in [-0.39, 0.29) is 0 Å². The fraction of sp³-hybridized carbons (Fsp3) is 0.750. The van der Waals surface area contributed by atoms with Crippen molar-refractivity contribution in [1.82, 2.24) is 5.06 Å². The smallest absolute Gasteiger partial charge is 0.266 e. The Morgan fingerprint density at radius 1 is 1.62 bits per heavy atom. The van der Waals surface area contributed by atoms with Crippen LogP contribution >= 0.6 is 0 Å². The largest absolute Gasteiger partial charge is 0.381 e. The van der Waals surface area contributed by atoms with Gasteiger partial charge in [0.05, 0.1) is 6.07 Å². The molecule has 0 saturated carbocycles. The number of hydrogen-bond acceptors (Lipinski definition) is 4. The average molecular weight is 184 g/mol. The van der Waals surface area contributed by atoms with Crippen LogP contribution in [0.15, 0.2) is 0 Å². The van der Waals surface area contributed by atoms with E-state index < -0.39 is 11.3 Å². The Hall–Kier alpha value is -1.12. The van der Waals surface area contributed by atoms with Gasteiger partial charge in [-0.15, -0.1) is 0 Å². The molecule has 1 heterocycles. The molecule has 0 atom stereocenters. The van der Waals surface area contributed by atoms with Gasteiger partial charge in [-0.3, -0.25) is 10.0 Å². The summed E-state index contributed by atoms with van der Waals surface area (Å²) in [5, 5.41) is 18.3. The second kappa shape index (κ2) is 3.73. The second-order valence-electron chi connectivity index (χ2n) is 3.14. The van der Waals surface area contributed by atoms with Gasteiger partial charge in [-0.2, -0.15) is 5.26 Å². The molecule has 72 valence electrons. The summed E-state index contributed by atoms with van der Waals surface area (Å²) in [7, 11) is 1.23. The molecule has 1 rings (SSSR count). The lowest BCUT2D eigenvalue weighted by molar-refractivity contribution is -0.172. The van der Waals surface area contributed by atoms with Gasteiger partial charge in [-0.1, -0.05) is 0 Å². The molecule has 5 nitrogen and oxygen atoms in total. The predicted octanol–water partition coefficient (Wildman–Crippen LogP) is 0.154. The lowest BCUT2D eigenvalue weighted by Gasteiger charge is -2.30. The molecule has 0 aromatic carbocycles. The summed E-state index contributed by atoms with van der Waals surface area (Å²) in [6.07, 6.45) is 0.709. The van der Waals surface area contributed by atoms with E-state index in [2.05, 4.69) is 0 Å². The van der Waals surface area contributed by atoms with Crippen molar-refractivity contribution in [2.24, 2.45) is 5.41 Å². The maximum absolute atomic E-state index is 11.4. The van der Waals surface area contributed by atoms with E-state index in [0.717, 1.165) is 0 Å². The van der Waals surface area contributed by atoms with Crippen molar-refractivity contribution in [1.29, 1.82) is 5.26 Å². The molecule has 0 aromatic heterocycles. The first-order valence-electron chi connectivity index (χ1n) is 4.08. The number of nitriles is 1. The van der Waals surface area contributed by atoms with Crippen LogP contribution in [-0.2, 0) is 9.53 Å². The summed E-state index contributed by atoms with van der Waals surface area (Å²) in [5.41, 5.74) is -1.08. The summed E-state index contributed by atoms with van der Waals surface area (Å²) in [5.74, 6) is -0.543. The van der Waals surface area contributed by atoms with E-state index in [1.807, 2.05) is 6.07 Å². The first-order valence-corrected chi connectivity index (χ1v) is 4.08. The van der Waals surface area contributed by atoms with Crippen LogP contribution < -0.4 is 0 Å². The monoisotopic (exact) mass is 184 g/mol. The van der Waals surface area contributed by atoms with E-state index in [4.69, 9.17) is 15.2 Å². The third-order valence-corrected chi connectivity index (χ3v) is 2.26. The van der Waals surface area contributed by atoms with Crippen molar-refractivity contribution in [2.75, 3.05) is 20.3 Å². The van der Waals surface area contributed by atoms with Gasteiger partial charge in [-0.05, 0) is 12.8 Å². The third-order valence-electron chi connectivity index (χ3n) is 2.26. The highest BCUT2D eigenvalue weighted by Crippen LogP contribution is 2.31. The minimum absolute atomic E-state index is 0.354. The summed E-state index contributed by atoms with van der Waals surface area (Å²) in [4.78, 5) is 11.4. The molecule has 0 aromatic rings. The number of hydroxylamine groups is 2. The Morgan fingerprint density at radius 3 is 2.54 bits per heavy atom. The molecule has 13 heavy (non-hydrogen) atoms. The van der Waals surface area contributed by atoms with Gasteiger partial charge in [-0.25, -0.2) is 5.06 Å². The SMILES string of the molecule is CN(O)C(=O)C1(C#N)CCOCC1. The number of ether oxygens (including phenoxy) is 1. The molecule has 1 fully saturated rings. The topological polar surface area (TPSA) is 73.6 Å². The van der Waals surface area contributed by atoms with Crippen LogP contribution in [0.5, 0.6) is 0 Å². The Bertz CT molecular complexity index is 238. The van der Waals surface area contributed by atoms with Gasteiger partial charge in [0.25, 0.3) is 5.91 Å². The highest BCUT2D eigenvalue weighted by Gasteiger charge is 2.42. The molecule has 5 heteroatoms. The summed E-state index contributed by atoms with van der Waals surface area (Å²) >= 11 is 0. The van der Waals surface area contributed by atoms with Crippen molar-refractivity contribution < 1.29 is 14.7 Å². The molecule has 1 amide bonds. The highest BCUT2D eigenvalue weighted by atomic mass is 16.5. The molecule has 0 radical (unpaired) electrons. The molecule has 1 N–H and O–H groups in total. The quantitative estimate of drug-likeness (QED) is 0.465. The fourth-order valence-corrected chi connectivity index (χ4v) is 1.40. The van der Waals surface area contributed by atoms with Gasteiger partial charge in [0.2, 0.25) is 0 Å². The van der Waals surface area contributed by atoms with Crippen LogP contribution in [-0.4, -0.2) is 36.4 Å². The molecule has 0 spiro atoms. The average Bonchev–Trinajstić information content (AvgIpc) is 2.17. The molecular formula is C8H12N2O3. The molecule has 0 bridgehead atoms. The van der Waals surface area contributed by atoms with Gasteiger partial charge >= 0.3 is 0 Å².